The van der Waals surface area contributed by atoms with Crippen molar-refractivity contribution >= 4 is 12.1 Å². The lowest BCUT2D eigenvalue weighted by Gasteiger charge is -2.31. The number of benzene rings is 1. The first-order valence-electron chi connectivity index (χ1n) is 10.0. The Kier molecular flexibility index (Phi) is 7.23. The Morgan fingerprint density at radius 2 is 1.73 bits per heavy atom. The molecule has 3 rings (SSSR count). The van der Waals surface area contributed by atoms with Gasteiger partial charge < -0.3 is 14.2 Å². The first-order chi connectivity index (χ1) is 14.3. The van der Waals surface area contributed by atoms with Crippen LogP contribution >= 0.6 is 0 Å². The van der Waals surface area contributed by atoms with Crippen molar-refractivity contribution in [3.63, 3.8) is 0 Å². The molecule has 0 N–H and O–H groups in total. The van der Waals surface area contributed by atoms with Crippen LogP contribution in [0.15, 0.2) is 30.3 Å². The number of hydrogen-bond donors (Lipinski definition) is 0. The SMILES string of the molecule is COC(=O)C1CC(OC2CCC(C(F)(F)F)CC2)CN1C(=O)OCc1ccccc1. The predicted octanol–water partition coefficient (Wildman–Crippen LogP) is 4.08. The number of hydrogen-bond acceptors (Lipinski definition) is 5. The lowest BCUT2D eigenvalue weighted by Crippen LogP contribution is -2.41. The number of likely N-dealkylation sites (tertiary alicyclic amines) is 1. The molecule has 6 nitrogen and oxygen atoms in total. The summed E-state index contributed by atoms with van der Waals surface area (Å²) in [7, 11) is 1.24. The molecule has 0 aromatic heterocycles. The Hall–Kier alpha value is -2.29. The zero-order valence-electron chi connectivity index (χ0n) is 16.8. The number of carbonyl (C=O) groups is 2. The van der Waals surface area contributed by atoms with E-state index in [4.69, 9.17) is 14.2 Å². The van der Waals surface area contributed by atoms with Crippen molar-refractivity contribution in [1.82, 2.24) is 4.90 Å². The van der Waals surface area contributed by atoms with Crippen molar-refractivity contribution in [3.05, 3.63) is 35.9 Å². The minimum Gasteiger partial charge on any atom is -0.467 e. The van der Waals surface area contributed by atoms with Gasteiger partial charge in [-0.3, -0.25) is 4.90 Å². The number of rotatable bonds is 5. The molecule has 2 unspecified atom stereocenters. The molecule has 1 aromatic rings. The average Bonchev–Trinajstić information content (AvgIpc) is 3.16. The van der Waals surface area contributed by atoms with Crippen LogP contribution in [0.5, 0.6) is 0 Å². The van der Waals surface area contributed by atoms with E-state index in [9.17, 15) is 22.8 Å². The van der Waals surface area contributed by atoms with Gasteiger partial charge in [-0.2, -0.15) is 13.2 Å². The minimum atomic E-state index is -4.17. The third-order valence-corrected chi connectivity index (χ3v) is 5.70. The van der Waals surface area contributed by atoms with Crippen molar-refractivity contribution in [1.29, 1.82) is 0 Å². The van der Waals surface area contributed by atoms with E-state index in [0.29, 0.717) is 12.8 Å². The second-order valence-electron chi connectivity index (χ2n) is 7.74. The number of alkyl halides is 3. The van der Waals surface area contributed by atoms with Gasteiger partial charge in [-0.1, -0.05) is 30.3 Å². The molecule has 0 spiro atoms. The van der Waals surface area contributed by atoms with Gasteiger partial charge in [0.05, 0.1) is 31.8 Å². The van der Waals surface area contributed by atoms with Crippen LogP contribution in [0, 0.1) is 5.92 Å². The van der Waals surface area contributed by atoms with Gasteiger partial charge in [-0.05, 0) is 31.2 Å². The third kappa shape index (κ3) is 5.65. The molecule has 0 bridgehead atoms. The fourth-order valence-electron chi connectivity index (χ4n) is 4.06. The summed E-state index contributed by atoms with van der Waals surface area (Å²) in [5, 5.41) is 0. The maximum atomic E-state index is 12.8. The molecule has 2 aliphatic rings. The molecule has 1 heterocycles. The number of halogens is 3. The van der Waals surface area contributed by atoms with Gasteiger partial charge >= 0.3 is 18.2 Å². The van der Waals surface area contributed by atoms with E-state index in [-0.39, 0.29) is 38.5 Å². The summed E-state index contributed by atoms with van der Waals surface area (Å²) in [5.74, 6) is -1.85. The molecule has 166 valence electrons. The van der Waals surface area contributed by atoms with Crippen LogP contribution < -0.4 is 0 Å². The van der Waals surface area contributed by atoms with Gasteiger partial charge in [0.15, 0.2) is 0 Å². The predicted molar refractivity (Wildman–Crippen MR) is 100 cm³/mol. The summed E-state index contributed by atoms with van der Waals surface area (Å²) in [5.41, 5.74) is 0.814. The highest BCUT2D eigenvalue weighted by Gasteiger charge is 2.45. The topological polar surface area (TPSA) is 65.1 Å². The van der Waals surface area contributed by atoms with E-state index < -0.39 is 36.3 Å². The summed E-state index contributed by atoms with van der Waals surface area (Å²) in [6, 6.07) is 8.30. The number of nitrogens with zero attached hydrogens (tertiary/aromatic N) is 1. The maximum Gasteiger partial charge on any atom is 0.410 e. The summed E-state index contributed by atoms with van der Waals surface area (Å²) in [6.07, 6.45) is -4.68. The summed E-state index contributed by atoms with van der Waals surface area (Å²) < 4.78 is 54.6. The monoisotopic (exact) mass is 429 g/mol. The highest BCUT2D eigenvalue weighted by atomic mass is 19.4. The van der Waals surface area contributed by atoms with Crippen LogP contribution in [0.4, 0.5) is 18.0 Å². The highest BCUT2D eigenvalue weighted by molar-refractivity contribution is 5.82. The molecule has 1 aliphatic heterocycles. The molecule has 2 atom stereocenters. The second kappa shape index (κ2) is 9.68. The van der Waals surface area contributed by atoms with Gasteiger partial charge in [-0.15, -0.1) is 0 Å². The number of ether oxygens (including phenoxy) is 3. The van der Waals surface area contributed by atoms with Crippen molar-refractivity contribution in [2.45, 2.75) is 63.1 Å². The molecule has 0 radical (unpaired) electrons. The van der Waals surface area contributed by atoms with Crippen molar-refractivity contribution in [2.75, 3.05) is 13.7 Å². The quantitative estimate of drug-likeness (QED) is 0.660. The Morgan fingerprint density at radius 3 is 2.33 bits per heavy atom. The Morgan fingerprint density at radius 1 is 1.07 bits per heavy atom. The van der Waals surface area contributed by atoms with Gasteiger partial charge in [0, 0.05) is 6.42 Å². The molecule has 1 aromatic carbocycles. The zero-order valence-corrected chi connectivity index (χ0v) is 16.8. The molecular formula is C21H26F3NO5. The van der Waals surface area contributed by atoms with Crippen LogP contribution in [0.3, 0.4) is 0 Å². The minimum absolute atomic E-state index is 0.0319. The standard InChI is InChI=1S/C21H26F3NO5/c1-28-19(26)18-11-17(30-16-9-7-15(8-10-16)21(22,23)24)12-25(18)20(27)29-13-14-5-3-2-4-6-14/h2-6,15-18H,7-13H2,1H3. The van der Waals surface area contributed by atoms with E-state index in [0.717, 1.165) is 5.56 Å². The van der Waals surface area contributed by atoms with E-state index in [2.05, 4.69) is 0 Å². The van der Waals surface area contributed by atoms with Crippen molar-refractivity contribution < 1.29 is 37.0 Å². The smallest absolute Gasteiger partial charge is 0.410 e. The van der Waals surface area contributed by atoms with Crippen molar-refractivity contribution in [2.24, 2.45) is 5.92 Å². The van der Waals surface area contributed by atoms with Crippen molar-refractivity contribution in [3.8, 4) is 0 Å². The molecule has 9 heteroatoms. The molecular weight excluding hydrogens is 403 g/mol. The Labute approximate surface area is 173 Å². The van der Waals surface area contributed by atoms with E-state index >= 15 is 0 Å². The van der Waals surface area contributed by atoms with E-state index in [1.807, 2.05) is 30.3 Å². The molecule has 1 aliphatic carbocycles. The third-order valence-electron chi connectivity index (χ3n) is 5.70. The Bertz CT molecular complexity index is 719. The molecule has 30 heavy (non-hydrogen) atoms. The number of methoxy groups -OCH3 is 1. The van der Waals surface area contributed by atoms with Crippen LogP contribution in [-0.4, -0.2) is 55.0 Å². The van der Waals surface area contributed by atoms with E-state index in [1.165, 1.54) is 12.0 Å². The normalized spacial score (nSPS) is 27.0. The molecule has 1 saturated carbocycles. The van der Waals surface area contributed by atoms with Crippen LogP contribution in [-0.2, 0) is 25.6 Å². The second-order valence-corrected chi connectivity index (χ2v) is 7.74. The van der Waals surface area contributed by atoms with Gasteiger partial charge in [0.2, 0.25) is 0 Å². The fourth-order valence-corrected chi connectivity index (χ4v) is 4.06. The molecule has 1 amide bonds. The average molecular weight is 429 g/mol. The van der Waals surface area contributed by atoms with Crippen LogP contribution in [0.25, 0.3) is 0 Å². The van der Waals surface area contributed by atoms with Crippen LogP contribution in [0.2, 0.25) is 0 Å². The lowest BCUT2D eigenvalue weighted by atomic mass is 9.87. The molecule has 1 saturated heterocycles. The first-order valence-corrected chi connectivity index (χ1v) is 10.0. The number of amides is 1. The summed E-state index contributed by atoms with van der Waals surface area (Å²) >= 11 is 0. The van der Waals surface area contributed by atoms with Gasteiger partial charge in [0.25, 0.3) is 0 Å². The number of esters is 1. The largest absolute Gasteiger partial charge is 0.467 e. The molecule has 2 fully saturated rings. The first kappa shape index (κ1) is 22.4. The maximum absolute atomic E-state index is 12.8. The van der Waals surface area contributed by atoms with E-state index in [1.54, 1.807) is 0 Å². The number of carbonyl (C=O) groups excluding carboxylic acids is 2. The van der Waals surface area contributed by atoms with Gasteiger partial charge in [0.1, 0.15) is 12.6 Å². The fraction of sp³-hybridized carbons (Fsp3) is 0.619. The van der Waals surface area contributed by atoms with Crippen LogP contribution in [0.1, 0.15) is 37.7 Å². The highest BCUT2D eigenvalue weighted by Crippen LogP contribution is 2.39. The summed E-state index contributed by atoms with van der Waals surface area (Å²) in [4.78, 5) is 26.0. The zero-order chi connectivity index (χ0) is 21.7. The summed E-state index contributed by atoms with van der Waals surface area (Å²) in [6.45, 7) is 0.198. The Balaban J connectivity index is 1.55. The lowest BCUT2D eigenvalue weighted by molar-refractivity contribution is -0.189. The van der Waals surface area contributed by atoms with Gasteiger partial charge in [-0.25, -0.2) is 9.59 Å².